The molecular weight excluding hydrogens is 291 g/mol. The molecule has 0 aliphatic rings. The SMILES string of the molecule is CC(C)C(C)(O)CNC(=O)C=Cc1ccc(F)cc1[N+](=O)[O-]. The van der Waals surface area contributed by atoms with E-state index in [-0.39, 0.29) is 18.0 Å². The predicted octanol–water partition coefficient (Wildman–Crippen LogP) is 2.27. The van der Waals surface area contributed by atoms with Crippen molar-refractivity contribution in [3.63, 3.8) is 0 Å². The van der Waals surface area contributed by atoms with Crippen molar-refractivity contribution < 1.29 is 19.2 Å². The average molecular weight is 310 g/mol. The molecule has 0 aromatic heterocycles. The molecule has 0 aliphatic heterocycles. The molecule has 1 unspecified atom stereocenters. The zero-order valence-electron chi connectivity index (χ0n) is 12.7. The minimum Gasteiger partial charge on any atom is -0.388 e. The molecule has 0 radical (unpaired) electrons. The van der Waals surface area contributed by atoms with Crippen molar-refractivity contribution >= 4 is 17.7 Å². The Morgan fingerprint density at radius 2 is 2.18 bits per heavy atom. The van der Waals surface area contributed by atoms with Gasteiger partial charge < -0.3 is 10.4 Å². The molecule has 1 rings (SSSR count). The van der Waals surface area contributed by atoms with Gasteiger partial charge in [0.2, 0.25) is 5.91 Å². The van der Waals surface area contributed by atoms with E-state index in [9.17, 15) is 24.4 Å². The van der Waals surface area contributed by atoms with E-state index in [1.54, 1.807) is 6.92 Å². The first-order valence-electron chi connectivity index (χ1n) is 6.75. The number of halogens is 1. The maximum Gasteiger partial charge on any atom is 0.279 e. The third-order valence-electron chi connectivity index (χ3n) is 3.47. The van der Waals surface area contributed by atoms with Gasteiger partial charge in [-0.1, -0.05) is 13.8 Å². The molecule has 1 aromatic rings. The molecule has 0 spiro atoms. The topological polar surface area (TPSA) is 92.5 Å². The second-order valence-electron chi connectivity index (χ2n) is 5.52. The van der Waals surface area contributed by atoms with Gasteiger partial charge in [-0.05, 0) is 31.1 Å². The third kappa shape index (κ3) is 4.92. The first-order valence-corrected chi connectivity index (χ1v) is 6.75. The molecule has 6 nitrogen and oxygen atoms in total. The number of hydrogen-bond donors (Lipinski definition) is 2. The molecule has 1 aromatic carbocycles. The molecule has 22 heavy (non-hydrogen) atoms. The quantitative estimate of drug-likeness (QED) is 0.479. The average Bonchev–Trinajstić information content (AvgIpc) is 2.43. The lowest BCUT2D eigenvalue weighted by molar-refractivity contribution is -0.385. The van der Waals surface area contributed by atoms with Gasteiger partial charge in [0.05, 0.1) is 22.2 Å². The number of benzene rings is 1. The number of nitro groups is 1. The monoisotopic (exact) mass is 310 g/mol. The summed E-state index contributed by atoms with van der Waals surface area (Å²) in [6.07, 6.45) is 2.34. The lowest BCUT2D eigenvalue weighted by Gasteiger charge is -2.27. The van der Waals surface area contributed by atoms with Gasteiger partial charge in [-0.15, -0.1) is 0 Å². The molecule has 1 atom stereocenters. The van der Waals surface area contributed by atoms with Crippen molar-refractivity contribution in [2.24, 2.45) is 5.92 Å². The maximum atomic E-state index is 13.0. The van der Waals surface area contributed by atoms with Crippen LogP contribution >= 0.6 is 0 Å². The summed E-state index contributed by atoms with van der Waals surface area (Å²) < 4.78 is 13.0. The van der Waals surface area contributed by atoms with Crippen LogP contribution in [0.25, 0.3) is 6.08 Å². The minimum atomic E-state index is -1.05. The second-order valence-corrected chi connectivity index (χ2v) is 5.52. The van der Waals surface area contributed by atoms with E-state index < -0.39 is 27.9 Å². The van der Waals surface area contributed by atoms with Gasteiger partial charge in [-0.3, -0.25) is 14.9 Å². The summed E-state index contributed by atoms with van der Waals surface area (Å²) in [5, 5.41) is 23.3. The van der Waals surface area contributed by atoms with Crippen molar-refractivity contribution in [3.8, 4) is 0 Å². The number of nitrogens with one attached hydrogen (secondary N) is 1. The molecular formula is C15H19FN2O4. The zero-order valence-corrected chi connectivity index (χ0v) is 12.7. The number of nitro benzene ring substituents is 1. The number of carbonyl (C=O) groups is 1. The zero-order chi connectivity index (χ0) is 16.9. The molecule has 0 saturated carbocycles. The van der Waals surface area contributed by atoms with Crippen molar-refractivity contribution in [2.75, 3.05) is 6.54 Å². The van der Waals surface area contributed by atoms with Gasteiger partial charge in [0.1, 0.15) is 5.82 Å². The largest absolute Gasteiger partial charge is 0.388 e. The van der Waals surface area contributed by atoms with Crippen LogP contribution in [0.3, 0.4) is 0 Å². The van der Waals surface area contributed by atoms with Crippen LogP contribution in [0.4, 0.5) is 10.1 Å². The highest BCUT2D eigenvalue weighted by molar-refractivity contribution is 5.92. The van der Waals surface area contributed by atoms with Gasteiger partial charge in [0, 0.05) is 12.6 Å². The van der Waals surface area contributed by atoms with Gasteiger partial charge in [0.25, 0.3) is 5.69 Å². The fourth-order valence-corrected chi connectivity index (χ4v) is 1.51. The Morgan fingerprint density at radius 1 is 1.55 bits per heavy atom. The van der Waals surface area contributed by atoms with Crippen molar-refractivity contribution in [2.45, 2.75) is 26.4 Å². The lowest BCUT2D eigenvalue weighted by atomic mass is 9.92. The fraction of sp³-hybridized carbons (Fsp3) is 0.400. The minimum absolute atomic E-state index is 0.0463. The summed E-state index contributed by atoms with van der Waals surface area (Å²) in [6, 6.07) is 3.09. The molecule has 0 heterocycles. The molecule has 2 N–H and O–H groups in total. The molecule has 0 bridgehead atoms. The molecule has 1 amide bonds. The fourth-order valence-electron chi connectivity index (χ4n) is 1.51. The maximum absolute atomic E-state index is 13.0. The Labute approximate surface area is 127 Å². The van der Waals surface area contributed by atoms with E-state index in [1.165, 1.54) is 12.1 Å². The van der Waals surface area contributed by atoms with E-state index in [4.69, 9.17) is 0 Å². The van der Waals surface area contributed by atoms with E-state index in [0.29, 0.717) is 0 Å². The third-order valence-corrected chi connectivity index (χ3v) is 3.47. The van der Waals surface area contributed by atoms with Gasteiger partial charge >= 0.3 is 0 Å². The van der Waals surface area contributed by atoms with Crippen LogP contribution in [0.5, 0.6) is 0 Å². The van der Waals surface area contributed by atoms with Crippen LogP contribution in [-0.4, -0.2) is 28.1 Å². The van der Waals surface area contributed by atoms with E-state index in [1.807, 2.05) is 13.8 Å². The smallest absolute Gasteiger partial charge is 0.279 e. The predicted molar refractivity (Wildman–Crippen MR) is 80.6 cm³/mol. The van der Waals surface area contributed by atoms with Crippen LogP contribution in [-0.2, 0) is 4.79 Å². The lowest BCUT2D eigenvalue weighted by Crippen LogP contribution is -2.43. The van der Waals surface area contributed by atoms with E-state index in [0.717, 1.165) is 18.2 Å². The molecule has 0 saturated heterocycles. The Morgan fingerprint density at radius 3 is 2.73 bits per heavy atom. The number of hydrogen-bond acceptors (Lipinski definition) is 4. The van der Waals surface area contributed by atoms with Crippen molar-refractivity contribution in [3.05, 3.63) is 45.8 Å². The summed E-state index contributed by atoms with van der Waals surface area (Å²) >= 11 is 0. The van der Waals surface area contributed by atoms with Crippen LogP contribution < -0.4 is 5.32 Å². The van der Waals surface area contributed by atoms with Crippen LogP contribution in [0.1, 0.15) is 26.3 Å². The number of carbonyl (C=O) groups excluding carboxylic acids is 1. The van der Waals surface area contributed by atoms with Gasteiger partial charge in [-0.2, -0.15) is 0 Å². The van der Waals surface area contributed by atoms with Crippen LogP contribution in [0.15, 0.2) is 24.3 Å². The summed E-state index contributed by atoms with van der Waals surface area (Å²) in [6.45, 7) is 5.31. The Kier molecular flexibility index (Phi) is 5.76. The van der Waals surface area contributed by atoms with E-state index >= 15 is 0 Å². The Bertz CT molecular complexity index is 597. The van der Waals surface area contributed by atoms with Gasteiger partial charge in [-0.25, -0.2) is 4.39 Å². The molecule has 0 fully saturated rings. The number of rotatable bonds is 6. The van der Waals surface area contributed by atoms with Crippen LogP contribution in [0, 0.1) is 21.8 Å². The van der Waals surface area contributed by atoms with Crippen LogP contribution in [0.2, 0.25) is 0 Å². The second kappa shape index (κ2) is 7.13. The molecule has 120 valence electrons. The summed E-state index contributed by atoms with van der Waals surface area (Å²) in [5.41, 5.74) is -1.35. The van der Waals surface area contributed by atoms with Crippen molar-refractivity contribution in [1.82, 2.24) is 5.32 Å². The summed E-state index contributed by atoms with van der Waals surface area (Å²) in [4.78, 5) is 21.8. The molecule has 7 heteroatoms. The van der Waals surface area contributed by atoms with E-state index in [2.05, 4.69) is 5.32 Å². The highest BCUT2D eigenvalue weighted by Gasteiger charge is 2.24. The Hall–Kier alpha value is -2.28. The highest BCUT2D eigenvalue weighted by atomic mass is 19.1. The molecule has 0 aliphatic carbocycles. The standard InChI is InChI=1S/C15H19FN2O4/c1-10(2)15(3,20)9-17-14(19)7-5-11-4-6-12(16)8-13(11)18(21)22/h4-8,10,20H,9H2,1-3H3,(H,17,19). The van der Waals surface area contributed by atoms with Crippen molar-refractivity contribution in [1.29, 1.82) is 0 Å². The van der Waals surface area contributed by atoms with Gasteiger partial charge in [0.15, 0.2) is 0 Å². The Balaban J connectivity index is 2.77. The number of amides is 1. The normalized spacial score (nSPS) is 14.1. The first kappa shape index (κ1) is 17.8. The number of nitrogens with zero attached hydrogens (tertiary/aromatic N) is 1. The highest BCUT2D eigenvalue weighted by Crippen LogP contribution is 2.21. The number of aliphatic hydroxyl groups is 1. The first-order chi connectivity index (χ1) is 10.1. The summed E-state index contributed by atoms with van der Waals surface area (Å²) in [5.74, 6) is -1.27. The summed E-state index contributed by atoms with van der Waals surface area (Å²) in [7, 11) is 0.